The first-order chi connectivity index (χ1) is 9.22. The summed E-state index contributed by atoms with van der Waals surface area (Å²) in [5.74, 6) is 2.78. The molecule has 2 rings (SSSR count). The Labute approximate surface area is 118 Å². The van der Waals surface area contributed by atoms with E-state index >= 15 is 0 Å². The van der Waals surface area contributed by atoms with Gasteiger partial charge in [0.05, 0.1) is 12.5 Å². The summed E-state index contributed by atoms with van der Waals surface area (Å²) in [6.07, 6.45) is 0. The molecule has 0 aliphatic heterocycles. The van der Waals surface area contributed by atoms with Crippen LogP contribution in [-0.2, 0) is 5.88 Å². The number of alkyl halides is 1. The molecule has 0 aliphatic rings. The summed E-state index contributed by atoms with van der Waals surface area (Å²) in [6, 6.07) is 13.6. The number of halogens is 1. The first kappa shape index (κ1) is 13.8. The van der Waals surface area contributed by atoms with Crippen molar-refractivity contribution in [1.82, 2.24) is 0 Å². The normalized spacial score (nSPS) is 10.3. The monoisotopic (exact) mass is 276 g/mol. The topological polar surface area (TPSA) is 18.5 Å². The largest absolute Gasteiger partial charge is 0.494 e. The molecule has 0 spiro atoms. The van der Waals surface area contributed by atoms with Crippen LogP contribution in [0.1, 0.15) is 18.1 Å². The number of hydrogen-bond acceptors (Lipinski definition) is 2. The van der Waals surface area contributed by atoms with Crippen molar-refractivity contribution in [3.05, 3.63) is 53.6 Å². The third-order valence-electron chi connectivity index (χ3n) is 2.70. The Hall–Kier alpha value is -1.67. The van der Waals surface area contributed by atoms with Crippen molar-refractivity contribution in [2.75, 3.05) is 6.61 Å². The molecule has 0 radical (unpaired) electrons. The lowest BCUT2D eigenvalue weighted by molar-refractivity contribution is 0.338. The SMILES string of the molecule is CCOc1cccc(Oc2ccc(C)cc2CCl)c1. The van der Waals surface area contributed by atoms with Gasteiger partial charge in [0.2, 0.25) is 0 Å². The van der Waals surface area contributed by atoms with Crippen molar-refractivity contribution in [3.63, 3.8) is 0 Å². The summed E-state index contributed by atoms with van der Waals surface area (Å²) in [4.78, 5) is 0. The fourth-order valence-electron chi connectivity index (χ4n) is 1.83. The van der Waals surface area contributed by atoms with Gasteiger partial charge in [-0.25, -0.2) is 0 Å². The van der Waals surface area contributed by atoms with Crippen molar-refractivity contribution in [2.24, 2.45) is 0 Å². The third kappa shape index (κ3) is 3.65. The van der Waals surface area contributed by atoms with Crippen molar-refractivity contribution >= 4 is 11.6 Å². The van der Waals surface area contributed by atoms with Crippen LogP contribution in [0.5, 0.6) is 17.2 Å². The average molecular weight is 277 g/mol. The number of hydrogen-bond donors (Lipinski definition) is 0. The maximum atomic E-state index is 5.95. The fourth-order valence-corrected chi connectivity index (χ4v) is 2.04. The van der Waals surface area contributed by atoms with Crippen LogP contribution in [0, 0.1) is 6.92 Å². The smallest absolute Gasteiger partial charge is 0.131 e. The molecule has 0 saturated carbocycles. The lowest BCUT2D eigenvalue weighted by atomic mass is 10.1. The Bertz CT molecular complexity index is 552. The maximum absolute atomic E-state index is 5.95. The fraction of sp³-hybridized carbons (Fsp3) is 0.250. The molecule has 19 heavy (non-hydrogen) atoms. The van der Waals surface area contributed by atoms with E-state index in [1.165, 1.54) is 5.56 Å². The molecule has 0 N–H and O–H groups in total. The molecule has 0 atom stereocenters. The van der Waals surface area contributed by atoms with Crippen LogP contribution >= 0.6 is 11.6 Å². The van der Waals surface area contributed by atoms with E-state index in [0.29, 0.717) is 12.5 Å². The van der Waals surface area contributed by atoms with E-state index in [4.69, 9.17) is 21.1 Å². The molecule has 2 aromatic rings. The number of benzene rings is 2. The minimum atomic E-state index is 0.433. The van der Waals surface area contributed by atoms with Gasteiger partial charge in [-0.05, 0) is 32.0 Å². The van der Waals surface area contributed by atoms with Crippen LogP contribution in [0.4, 0.5) is 0 Å². The van der Waals surface area contributed by atoms with Gasteiger partial charge in [-0.15, -0.1) is 11.6 Å². The molecular weight excluding hydrogens is 260 g/mol. The van der Waals surface area contributed by atoms with Crippen LogP contribution < -0.4 is 9.47 Å². The van der Waals surface area contributed by atoms with Gasteiger partial charge >= 0.3 is 0 Å². The van der Waals surface area contributed by atoms with Crippen molar-refractivity contribution < 1.29 is 9.47 Å². The van der Waals surface area contributed by atoms with Crippen LogP contribution in [-0.4, -0.2) is 6.61 Å². The maximum Gasteiger partial charge on any atom is 0.131 e. The van der Waals surface area contributed by atoms with Crippen LogP contribution in [0.3, 0.4) is 0 Å². The highest BCUT2D eigenvalue weighted by Gasteiger charge is 2.05. The van der Waals surface area contributed by atoms with Gasteiger partial charge in [0.25, 0.3) is 0 Å². The molecule has 2 nitrogen and oxygen atoms in total. The van der Waals surface area contributed by atoms with E-state index in [9.17, 15) is 0 Å². The molecule has 0 unspecified atom stereocenters. The summed E-state index contributed by atoms with van der Waals surface area (Å²) >= 11 is 5.95. The standard InChI is InChI=1S/C16H17ClO2/c1-3-18-14-5-4-6-15(10-14)19-16-8-7-12(2)9-13(16)11-17/h4-10H,3,11H2,1-2H3. The van der Waals surface area contributed by atoms with E-state index in [1.54, 1.807) is 0 Å². The van der Waals surface area contributed by atoms with Gasteiger partial charge in [0, 0.05) is 11.6 Å². The highest BCUT2D eigenvalue weighted by Crippen LogP contribution is 2.29. The number of rotatable bonds is 5. The van der Waals surface area contributed by atoms with Gasteiger partial charge < -0.3 is 9.47 Å². The van der Waals surface area contributed by atoms with Gasteiger partial charge in [-0.3, -0.25) is 0 Å². The van der Waals surface area contributed by atoms with E-state index in [0.717, 1.165) is 22.8 Å². The molecule has 0 bridgehead atoms. The molecule has 0 heterocycles. The summed E-state index contributed by atoms with van der Waals surface area (Å²) in [5, 5.41) is 0. The second-order valence-corrected chi connectivity index (χ2v) is 4.52. The molecule has 0 amide bonds. The van der Waals surface area contributed by atoms with E-state index in [2.05, 4.69) is 0 Å². The molecular formula is C16H17ClO2. The zero-order valence-corrected chi connectivity index (χ0v) is 11.9. The highest BCUT2D eigenvalue weighted by molar-refractivity contribution is 6.17. The summed E-state index contributed by atoms with van der Waals surface area (Å²) in [7, 11) is 0. The molecule has 100 valence electrons. The summed E-state index contributed by atoms with van der Waals surface area (Å²) in [5.41, 5.74) is 2.16. The molecule has 0 aromatic heterocycles. The van der Waals surface area contributed by atoms with Gasteiger partial charge in [-0.1, -0.05) is 23.8 Å². The Kier molecular flexibility index (Phi) is 4.69. The summed E-state index contributed by atoms with van der Waals surface area (Å²) in [6.45, 7) is 4.63. The van der Waals surface area contributed by atoms with Crippen molar-refractivity contribution in [3.8, 4) is 17.2 Å². The van der Waals surface area contributed by atoms with E-state index < -0.39 is 0 Å². The van der Waals surface area contributed by atoms with E-state index in [-0.39, 0.29) is 0 Å². The first-order valence-corrected chi connectivity index (χ1v) is 6.82. The van der Waals surface area contributed by atoms with Gasteiger partial charge in [-0.2, -0.15) is 0 Å². The quantitative estimate of drug-likeness (QED) is 0.721. The van der Waals surface area contributed by atoms with Crippen molar-refractivity contribution in [1.29, 1.82) is 0 Å². The van der Waals surface area contributed by atoms with E-state index in [1.807, 2.05) is 56.3 Å². The second-order valence-electron chi connectivity index (χ2n) is 4.25. The van der Waals surface area contributed by atoms with Crippen molar-refractivity contribution in [2.45, 2.75) is 19.7 Å². The third-order valence-corrected chi connectivity index (χ3v) is 2.99. The molecule has 3 heteroatoms. The minimum absolute atomic E-state index is 0.433. The van der Waals surface area contributed by atoms with Crippen LogP contribution in [0.15, 0.2) is 42.5 Å². The lowest BCUT2D eigenvalue weighted by Gasteiger charge is -2.11. The second kappa shape index (κ2) is 6.48. The molecule has 0 saturated heterocycles. The van der Waals surface area contributed by atoms with Crippen LogP contribution in [0.2, 0.25) is 0 Å². The van der Waals surface area contributed by atoms with Gasteiger partial charge in [0.15, 0.2) is 0 Å². The van der Waals surface area contributed by atoms with Crippen LogP contribution in [0.25, 0.3) is 0 Å². The Morgan fingerprint density at radius 1 is 1.05 bits per heavy atom. The molecule has 0 fully saturated rings. The summed E-state index contributed by atoms with van der Waals surface area (Å²) < 4.78 is 11.3. The minimum Gasteiger partial charge on any atom is -0.494 e. The zero-order chi connectivity index (χ0) is 13.7. The predicted molar refractivity (Wildman–Crippen MR) is 78.4 cm³/mol. The molecule has 0 aliphatic carbocycles. The number of aryl methyl sites for hydroxylation is 1. The lowest BCUT2D eigenvalue weighted by Crippen LogP contribution is -1.93. The highest BCUT2D eigenvalue weighted by atomic mass is 35.5. The average Bonchev–Trinajstić information content (AvgIpc) is 2.41. The molecule has 2 aromatic carbocycles. The first-order valence-electron chi connectivity index (χ1n) is 6.29. The Morgan fingerprint density at radius 2 is 1.84 bits per heavy atom. The predicted octanol–water partition coefficient (Wildman–Crippen LogP) is 4.92. The zero-order valence-electron chi connectivity index (χ0n) is 11.2. The Balaban J connectivity index is 2.23. The number of ether oxygens (including phenoxy) is 2. The van der Waals surface area contributed by atoms with Gasteiger partial charge in [0.1, 0.15) is 17.2 Å². The Morgan fingerprint density at radius 3 is 2.58 bits per heavy atom.